The van der Waals surface area contributed by atoms with Crippen molar-refractivity contribution in [2.24, 2.45) is 0 Å². The molecule has 0 saturated heterocycles. The van der Waals surface area contributed by atoms with Crippen LogP contribution in [-0.4, -0.2) is 46.4 Å². The molecule has 0 heterocycles. The highest BCUT2D eigenvalue weighted by atomic mass is 28.4. The maximum absolute atomic E-state index is 8.97. The van der Waals surface area contributed by atoms with Gasteiger partial charge >= 0.3 is 17.6 Å². The Morgan fingerprint density at radius 3 is 1.14 bits per heavy atom. The standard InChI is InChI=1S/C6H10O6Si2/c7-13(8,9)5-3-1-2-4-6(5)14(10,11)12/h1-4,7-12H. The molecule has 0 aliphatic heterocycles. The van der Waals surface area contributed by atoms with Crippen LogP contribution in [0.3, 0.4) is 0 Å². The lowest BCUT2D eigenvalue weighted by Gasteiger charge is -2.17. The monoisotopic (exact) mass is 234 g/mol. The summed E-state index contributed by atoms with van der Waals surface area (Å²) in [5, 5.41) is -0.835. The van der Waals surface area contributed by atoms with E-state index in [9.17, 15) is 0 Å². The van der Waals surface area contributed by atoms with Gasteiger partial charge in [0.1, 0.15) is 0 Å². The van der Waals surface area contributed by atoms with Crippen molar-refractivity contribution in [2.45, 2.75) is 0 Å². The number of hydrogen-bond donors (Lipinski definition) is 6. The van der Waals surface area contributed by atoms with Crippen molar-refractivity contribution in [1.29, 1.82) is 0 Å². The second-order valence-electron chi connectivity index (χ2n) is 2.82. The summed E-state index contributed by atoms with van der Waals surface area (Å²) in [6, 6.07) is 4.99. The average molecular weight is 234 g/mol. The molecular weight excluding hydrogens is 224 g/mol. The third kappa shape index (κ3) is 2.46. The van der Waals surface area contributed by atoms with Crippen molar-refractivity contribution in [3.8, 4) is 0 Å². The SMILES string of the molecule is O[Si](O)(O)c1ccccc1[Si](O)(O)O. The Bertz CT molecular complexity index is 295. The van der Waals surface area contributed by atoms with Gasteiger partial charge in [0.25, 0.3) is 0 Å². The summed E-state index contributed by atoms with van der Waals surface area (Å²) in [5.41, 5.74) is 0. The zero-order chi connectivity index (χ0) is 11.0. The van der Waals surface area contributed by atoms with Gasteiger partial charge in [0.2, 0.25) is 0 Å². The minimum Gasteiger partial charge on any atom is -0.386 e. The lowest BCUT2D eigenvalue weighted by atomic mass is 10.4. The van der Waals surface area contributed by atoms with E-state index in [1.165, 1.54) is 12.1 Å². The highest BCUT2D eigenvalue weighted by Crippen LogP contribution is 1.94. The Balaban J connectivity index is 3.31. The normalized spacial score (nSPS) is 13.0. The summed E-state index contributed by atoms with van der Waals surface area (Å²) < 4.78 is 0. The molecule has 0 fully saturated rings. The molecule has 0 amide bonds. The molecule has 14 heavy (non-hydrogen) atoms. The predicted molar refractivity (Wildman–Crippen MR) is 50.5 cm³/mol. The molecule has 0 aromatic heterocycles. The van der Waals surface area contributed by atoms with Gasteiger partial charge in [0.05, 0.1) is 0 Å². The van der Waals surface area contributed by atoms with Gasteiger partial charge in [-0.25, -0.2) is 0 Å². The highest BCUT2D eigenvalue weighted by molar-refractivity contribution is 6.83. The predicted octanol–water partition coefficient (Wildman–Crippen LogP) is -4.07. The fraction of sp³-hybridized carbons (Fsp3) is 0. The molecule has 0 unspecified atom stereocenters. The number of rotatable bonds is 2. The molecule has 0 saturated carbocycles. The van der Waals surface area contributed by atoms with E-state index in [1.807, 2.05) is 0 Å². The van der Waals surface area contributed by atoms with E-state index in [4.69, 9.17) is 28.8 Å². The van der Waals surface area contributed by atoms with E-state index in [0.29, 0.717) is 0 Å². The van der Waals surface area contributed by atoms with Crippen molar-refractivity contribution < 1.29 is 28.8 Å². The second kappa shape index (κ2) is 3.53. The van der Waals surface area contributed by atoms with Gasteiger partial charge in [-0.1, -0.05) is 24.3 Å². The van der Waals surface area contributed by atoms with Crippen LogP contribution in [-0.2, 0) is 0 Å². The molecule has 0 spiro atoms. The smallest absolute Gasteiger partial charge is 0.386 e. The van der Waals surface area contributed by atoms with E-state index in [2.05, 4.69) is 0 Å². The lowest BCUT2D eigenvalue weighted by Crippen LogP contribution is -2.64. The van der Waals surface area contributed by atoms with Gasteiger partial charge in [0, 0.05) is 10.4 Å². The zero-order valence-electron chi connectivity index (χ0n) is 6.99. The summed E-state index contributed by atoms with van der Waals surface area (Å²) in [6.07, 6.45) is 0. The van der Waals surface area contributed by atoms with Crippen LogP contribution in [0.25, 0.3) is 0 Å². The summed E-state index contributed by atoms with van der Waals surface area (Å²) in [5.74, 6) is 0. The van der Waals surface area contributed by atoms with E-state index in [0.717, 1.165) is 12.1 Å². The van der Waals surface area contributed by atoms with Crippen LogP contribution in [0.15, 0.2) is 24.3 Å². The number of hydrogen-bond acceptors (Lipinski definition) is 6. The summed E-state index contributed by atoms with van der Waals surface area (Å²) in [4.78, 5) is 53.8. The van der Waals surface area contributed by atoms with Crippen molar-refractivity contribution in [3.63, 3.8) is 0 Å². The molecule has 1 aromatic carbocycles. The van der Waals surface area contributed by atoms with Crippen LogP contribution in [0.2, 0.25) is 0 Å². The van der Waals surface area contributed by atoms with Gasteiger partial charge in [0.15, 0.2) is 0 Å². The summed E-state index contributed by atoms with van der Waals surface area (Å²) >= 11 is 0. The molecule has 0 bridgehead atoms. The van der Waals surface area contributed by atoms with E-state index in [1.54, 1.807) is 0 Å². The second-order valence-corrected chi connectivity index (χ2v) is 6.44. The Kier molecular flexibility index (Phi) is 2.89. The minimum absolute atomic E-state index is 0.417. The van der Waals surface area contributed by atoms with Gasteiger partial charge < -0.3 is 28.8 Å². The van der Waals surface area contributed by atoms with Gasteiger partial charge in [-0.2, -0.15) is 0 Å². The molecule has 78 valence electrons. The fourth-order valence-corrected chi connectivity index (χ4v) is 3.60. The molecule has 6 N–H and O–H groups in total. The topological polar surface area (TPSA) is 121 Å². The third-order valence-electron chi connectivity index (χ3n) is 1.65. The molecule has 1 rings (SSSR count). The Labute approximate surface area is 81.7 Å². The quantitative estimate of drug-likeness (QED) is 0.290. The Morgan fingerprint density at radius 1 is 0.643 bits per heavy atom. The maximum Gasteiger partial charge on any atom is 0.529 e. The highest BCUT2D eigenvalue weighted by Gasteiger charge is 2.42. The van der Waals surface area contributed by atoms with Crippen molar-refractivity contribution >= 4 is 28.0 Å². The first-order valence-corrected chi connectivity index (χ1v) is 7.35. The van der Waals surface area contributed by atoms with E-state index >= 15 is 0 Å². The first-order chi connectivity index (χ1) is 6.23. The zero-order valence-corrected chi connectivity index (χ0v) is 8.99. The van der Waals surface area contributed by atoms with Crippen molar-refractivity contribution in [3.05, 3.63) is 24.3 Å². The Hall–Kier alpha value is -0.586. The van der Waals surface area contributed by atoms with Crippen LogP contribution >= 0.6 is 0 Å². The van der Waals surface area contributed by atoms with Crippen molar-refractivity contribution in [1.82, 2.24) is 0 Å². The molecular formula is C6H10O6Si2. The molecule has 1 aromatic rings. The summed E-state index contributed by atoms with van der Waals surface area (Å²) in [7, 11) is -9.27. The van der Waals surface area contributed by atoms with Crippen molar-refractivity contribution in [2.75, 3.05) is 0 Å². The fourth-order valence-electron chi connectivity index (χ4n) is 1.07. The third-order valence-corrected chi connectivity index (χ3v) is 4.22. The van der Waals surface area contributed by atoms with E-state index in [-0.39, 0.29) is 0 Å². The minimum atomic E-state index is -4.63. The summed E-state index contributed by atoms with van der Waals surface area (Å²) in [6.45, 7) is 0. The van der Waals surface area contributed by atoms with Crippen LogP contribution in [0, 0.1) is 0 Å². The van der Waals surface area contributed by atoms with Crippen LogP contribution in [0.1, 0.15) is 0 Å². The largest absolute Gasteiger partial charge is 0.529 e. The van der Waals surface area contributed by atoms with Gasteiger partial charge in [-0.15, -0.1) is 0 Å². The van der Waals surface area contributed by atoms with Gasteiger partial charge in [-0.3, -0.25) is 0 Å². The number of benzene rings is 1. The average Bonchev–Trinajstić information content (AvgIpc) is 2.01. The lowest BCUT2D eigenvalue weighted by molar-refractivity contribution is 0.241. The van der Waals surface area contributed by atoms with Crippen LogP contribution < -0.4 is 10.4 Å². The van der Waals surface area contributed by atoms with Gasteiger partial charge in [-0.05, 0) is 0 Å². The molecule has 0 aliphatic rings. The first-order valence-electron chi connectivity index (χ1n) is 3.67. The molecule has 6 nitrogen and oxygen atoms in total. The van der Waals surface area contributed by atoms with Crippen LogP contribution in [0.5, 0.6) is 0 Å². The van der Waals surface area contributed by atoms with Crippen LogP contribution in [0.4, 0.5) is 0 Å². The molecule has 0 atom stereocenters. The maximum atomic E-state index is 8.97. The molecule has 0 radical (unpaired) electrons. The first kappa shape index (κ1) is 11.5. The molecule has 0 aliphatic carbocycles. The Morgan fingerprint density at radius 2 is 0.929 bits per heavy atom. The molecule has 8 heteroatoms. The van der Waals surface area contributed by atoms with E-state index < -0.39 is 28.0 Å².